The Bertz CT molecular complexity index is 743. The fraction of sp³-hybridized carbons (Fsp3) is 0.524. The normalized spacial score (nSPS) is 20.9. The molecule has 5 nitrogen and oxygen atoms in total. The van der Waals surface area contributed by atoms with Gasteiger partial charge in [0.15, 0.2) is 0 Å². The maximum Gasteiger partial charge on any atom is 0.253 e. The molecule has 5 heteroatoms. The minimum absolute atomic E-state index is 0.00149. The van der Waals surface area contributed by atoms with Crippen LogP contribution in [0.1, 0.15) is 42.0 Å². The van der Waals surface area contributed by atoms with E-state index in [2.05, 4.69) is 29.0 Å². The maximum absolute atomic E-state index is 12.7. The first kappa shape index (κ1) is 18.6. The summed E-state index contributed by atoms with van der Waals surface area (Å²) in [6.07, 6.45) is 3.08. The molecule has 2 atom stereocenters. The number of rotatable bonds is 5. The highest BCUT2D eigenvalue weighted by atomic mass is 16.1. The second kappa shape index (κ2) is 8.04. The first-order valence-corrected chi connectivity index (χ1v) is 9.56. The van der Waals surface area contributed by atoms with E-state index in [1.807, 2.05) is 42.7 Å². The lowest BCUT2D eigenvalue weighted by Gasteiger charge is -2.34. The van der Waals surface area contributed by atoms with Crippen molar-refractivity contribution in [3.05, 3.63) is 47.4 Å². The molecule has 2 aromatic heterocycles. The van der Waals surface area contributed by atoms with E-state index in [9.17, 15) is 4.79 Å². The van der Waals surface area contributed by atoms with Gasteiger partial charge in [-0.2, -0.15) is 0 Å². The zero-order valence-corrected chi connectivity index (χ0v) is 16.3. The molecule has 0 saturated carbocycles. The number of carbonyl (C=O) groups excluding carboxylic acids is 1. The summed E-state index contributed by atoms with van der Waals surface area (Å²) in [5.74, 6) is 2.33. The number of carbonyl (C=O) groups is 1. The van der Waals surface area contributed by atoms with E-state index in [0.29, 0.717) is 6.54 Å². The third-order valence-electron chi connectivity index (χ3n) is 5.21. The van der Waals surface area contributed by atoms with Crippen LogP contribution >= 0.6 is 0 Å². The lowest BCUT2D eigenvalue weighted by molar-refractivity contribution is 0.0936. The van der Waals surface area contributed by atoms with Crippen molar-refractivity contribution in [2.24, 2.45) is 11.8 Å². The number of hydrogen-bond acceptors (Lipinski definition) is 3. The minimum Gasteiger partial charge on any atom is -0.351 e. The predicted octanol–water partition coefficient (Wildman–Crippen LogP) is 3.20. The average molecular weight is 354 g/mol. The number of likely N-dealkylation sites (tertiary alicyclic amines) is 1. The van der Waals surface area contributed by atoms with Gasteiger partial charge in [0.25, 0.3) is 5.91 Å². The van der Waals surface area contributed by atoms with Crippen molar-refractivity contribution >= 4 is 5.91 Å². The Balaban J connectivity index is 1.62. The number of pyridine rings is 1. The second-order valence-electron chi connectivity index (χ2n) is 7.77. The third kappa shape index (κ3) is 4.15. The summed E-state index contributed by atoms with van der Waals surface area (Å²) >= 11 is 0. The number of nitrogens with one attached hydrogen (secondary N) is 1. The molecule has 1 N–H and O–H groups in total. The standard InChI is InChI=1S/C21H30N4O/c1-15-11-16(2)14-24(13-15)10-9-23-21(26)19-12-17(3)25(18(19)4)20-7-5-6-8-22-20/h5-8,12,15-16H,9-11,13-14H2,1-4H3,(H,23,26). The quantitative estimate of drug-likeness (QED) is 0.897. The van der Waals surface area contributed by atoms with Crippen molar-refractivity contribution in [1.82, 2.24) is 19.8 Å². The SMILES string of the molecule is Cc1cc(C(=O)NCCN2CC(C)CC(C)C2)c(C)n1-c1ccccn1. The van der Waals surface area contributed by atoms with Crippen LogP contribution in [0, 0.1) is 25.7 Å². The largest absolute Gasteiger partial charge is 0.351 e. The summed E-state index contributed by atoms with van der Waals surface area (Å²) in [4.78, 5) is 19.5. The van der Waals surface area contributed by atoms with Crippen LogP contribution in [-0.2, 0) is 0 Å². The van der Waals surface area contributed by atoms with Gasteiger partial charge >= 0.3 is 0 Å². The number of aryl methyl sites for hydroxylation is 1. The summed E-state index contributed by atoms with van der Waals surface area (Å²) in [6, 6.07) is 7.76. The van der Waals surface area contributed by atoms with E-state index in [-0.39, 0.29) is 5.91 Å². The summed E-state index contributed by atoms with van der Waals surface area (Å²) in [5, 5.41) is 3.09. The molecule has 0 radical (unpaired) electrons. The maximum atomic E-state index is 12.7. The van der Waals surface area contributed by atoms with E-state index in [1.54, 1.807) is 6.20 Å². The molecule has 140 valence electrons. The Morgan fingerprint density at radius 3 is 2.62 bits per heavy atom. The van der Waals surface area contributed by atoms with Gasteiger partial charge in [-0.15, -0.1) is 0 Å². The van der Waals surface area contributed by atoms with Crippen molar-refractivity contribution in [2.75, 3.05) is 26.2 Å². The molecule has 0 spiro atoms. The topological polar surface area (TPSA) is 50.2 Å². The van der Waals surface area contributed by atoms with E-state index in [1.165, 1.54) is 6.42 Å². The monoisotopic (exact) mass is 354 g/mol. The molecule has 0 aromatic carbocycles. The molecule has 1 fully saturated rings. The molecular weight excluding hydrogens is 324 g/mol. The van der Waals surface area contributed by atoms with Crippen LogP contribution in [0.15, 0.2) is 30.5 Å². The summed E-state index contributed by atoms with van der Waals surface area (Å²) in [7, 11) is 0. The molecule has 2 unspecified atom stereocenters. The Morgan fingerprint density at radius 2 is 1.96 bits per heavy atom. The van der Waals surface area contributed by atoms with Gasteiger partial charge in [0.1, 0.15) is 5.82 Å². The second-order valence-corrected chi connectivity index (χ2v) is 7.77. The summed E-state index contributed by atoms with van der Waals surface area (Å²) in [6.45, 7) is 12.5. The first-order valence-electron chi connectivity index (χ1n) is 9.56. The number of amides is 1. The molecule has 26 heavy (non-hydrogen) atoms. The summed E-state index contributed by atoms with van der Waals surface area (Å²) < 4.78 is 2.03. The molecule has 1 saturated heterocycles. The van der Waals surface area contributed by atoms with E-state index < -0.39 is 0 Å². The molecule has 1 aliphatic heterocycles. The fourth-order valence-electron chi connectivity index (χ4n) is 4.23. The van der Waals surface area contributed by atoms with Gasteiger partial charge < -0.3 is 14.8 Å². The van der Waals surface area contributed by atoms with Crippen LogP contribution in [0.2, 0.25) is 0 Å². The molecule has 3 rings (SSSR count). The highest BCUT2D eigenvalue weighted by molar-refractivity contribution is 5.95. The molecule has 1 amide bonds. The third-order valence-corrected chi connectivity index (χ3v) is 5.21. The van der Waals surface area contributed by atoms with Crippen LogP contribution < -0.4 is 5.32 Å². The number of piperidine rings is 1. The molecular formula is C21H30N4O. The predicted molar refractivity (Wildman–Crippen MR) is 105 cm³/mol. The van der Waals surface area contributed by atoms with Crippen molar-refractivity contribution in [1.29, 1.82) is 0 Å². The van der Waals surface area contributed by atoms with Crippen LogP contribution in [0.3, 0.4) is 0 Å². The highest BCUT2D eigenvalue weighted by Crippen LogP contribution is 2.21. The van der Waals surface area contributed by atoms with Gasteiger partial charge in [0.05, 0.1) is 5.56 Å². The first-order chi connectivity index (χ1) is 12.5. The fourth-order valence-corrected chi connectivity index (χ4v) is 4.23. The van der Waals surface area contributed by atoms with E-state index in [4.69, 9.17) is 0 Å². The lowest BCUT2D eigenvalue weighted by atomic mass is 9.92. The van der Waals surface area contributed by atoms with Crippen molar-refractivity contribution in [3.63, 3.8) is 0 Å². The summed E-state index contributed by atoms with van der Waals surface area (Å²) in [5.41, 5.74) is 2.68. The van der Waals surface area contributed by atoms with Crippen LogP contribution in [0.25, 0.3) is 5.82 Å². The molecule has 0 bridgehead atoms. The van der Waals surface area contributed by atoms with Gasteiger partial charge in [0.2, 0.25) is 0 Å². The Morgan fingerprint density at radius 1 is 1.23 bits per heavy atom. The van der Waals surface area contributed by atoms with Crippen molar-refractivity contribution in [2.45, 2.75) is 34.1 Å². The minimum atomic E-state index is -0.00149. The Labute approximate surface area is 156 Å². The molecule has 2 aromatic rings. The lowest BCUT2D eigenvalue weighted by Crippen LogP contribution is -2.42. The Hall–Kier alpha value is -2.14. The molecule has 0 aliphatic carbocycles. The Kier molecular flexibility index (Phi) is 5.77. The van der Waals surface area contributed by atoms with Crippen LogP contribution in [0.5, 0.6) is 0 Å². The molecule has 3 heterocycles. The van der Waals surface area contributed by atoms with Gasteiger partial charge in [-0.05, 0) is 50.3 Å². The number of hydrogen-bond donors (Lipinski definition) is 1. The van der Waals surface area contributed by atoms with E-state index >= 15 is 0 Å². The van der Waals surface area contributed by atoms with Gasteiger partial charge in [-0.1, -0.05) is 19.9 Å². The zero-order chi connectivity index (χ0) is 18.7. The van der Waals surface area contributed by atoms with Crippen molar-refractivity contribution in [3.8, 4) is 5.82 Å². The van der Waals surface area contributed by atoms with Crippen LogP contribution in [-0.4, -0.2) is 46.5 Å². The zero-order valence-electron chi connectivity index (χ0n) is 16.3. The van der Waals surface area contributed by atoms with Crippen LogP contribution in [0.4, 0.5) is 0 Å². The average Bonchev–Trinajstić information content (AvgIpc) is 2.89. The smallest absolute Gasteiger partial charge is 0.253 e. The van der Waals surface area contributed by atoms with Gasteiger partial charge in [-0.25, -0.2) is 4.98 Å². The number of nitrogens with zero attached hydrogens (tertiary/aromatic N) is 3. The van der Waals surface area contributed by atoms with Crippen molar-refractivity contribution < 1.29 is 4.79 Å². The number of aromatic nitrogens is 2. The van der Waals surface area contributed by atoms with Gasteiger partial charge in [-0.3, -0.25) is 4.79 Å². The highest BCUT2D eigenvalue weighted by Gasteiger charge is 2.22. The van der Waals surface area contributed by atoms with E-state index in [0.717, 1.165) is 54.2 Å². The molecule has 1 aliphatic rings. The van der Waals surface area contributed by atoms with Gasteiger partial charge in [0, 0.05) is 43.8 Å².